The summed E-state index contributed by atoms with van der Waals surface area (Å²) in [6, 6.07) is 7.55. The number of benzene rings is 1. The summed E-state index contributed by atoms with van der Waals surface area (Å²) in [6.07, 6.45) is 1.01. The second-order valence-electron chi connectivity index (χ2n) is 6.35. The SMILES string of the molecule is CCc1ccc(CN(C)C(C)C(=O)NC(=O)NCC(C)C)cc1. The number of nitrogens with one attached hydrogen (secondary N) is 2. The van der Waals surface area contributed by atoms with Crippen molar-refractivity contribution >= 4 is 11.9 Å². The van der Waals surface area contributed by atoms with Gasteiger partial charge in [-0.25, -0.2) is 4.79 Å². The first-order valence-electron chi connectivity index (χ1n) is 8.20. The second kappa shape index (κ2) is 9.30. The number of urea groups is 1. The van der Waals surface area contributed by atoms with E-state index in [0.29, 0.717) is 19.0 Å². The van der Waals surface area contributed by atoms with E-state index in [2.05, 4.69) is 41.8 Å². The zero-order valence-electron chi connectivity index (χ0n) is 14.8. The molecule has 2 N–H and O–H groups in total. The van der Waals surface area contributed by atoms with Crippen molar-refractivity contribution in [2.75, 3.05) is 13.6 Å². The molecule has 0 saturated heterocycles. The third-order valence-electron chi connectivity index (χ3n) is 3.81. The summed E-state index contributed by atoms with van der Waals surface area (Å²) in [7, 11) is 1.88. The molecule has 0 aromatic heterocycles. The Hall–Kier alpha value is -1.88. The minimum atomic E-state index is -0.434. The summed E-state index contributed by atoms with van der Waals surface area (Å²) in [6.45, 7) is 9.13. The quantitative estimate of drug-likeness (QED) is 0.812. The van der Waals surface area contributed by atoms with Gasteiger partial charge < -0.3 is 5.32 Å². The summed E-state index contributed by atoms with van der Waals surface area (Å²) in [5.41, 5.74) is 2.44. The van der Waals surface area contributed by atoms with E-state index in [1.165, 1.54) is 5.56 Å². The highest BCUT2D eigenvalue weighted by Gasteiger charge is 2.20. The number of imide groups is 1. The van der Waals surface area contributed by atoms with Crippen molar-refractivity contribution in [1.29, 1.82) is 0 Å². The first kappa shape index (κ1) is 19.2. The molecule has 0 heterocycles. The van der Waals surface area contributed by atoms with Crippen LogP contribution in [0.2, 0.25) is 0 Å². The molecule has 1 rings (SSSR count). The van der Waals surface area contributed by atoms with E-state index in [0.717, 1.165) is 12.0 Å². The maximum absolute atomic E-state index is 12.1. The molecule has 0 spiro atoms. The van der Waals surface area contributed by atoms with Gasteiger partial charge in [0.05, 0.1) is 6.04 Å². The van der Waals surface area contributed by atoms with Crippen molar-refractivity contribution in [3.05, 3.63) is 35.4 Å². The Morgan fingerprint density at radius 3 is 2.17 bits per heavy atom. The average Bonchev–Trinajstić information content (AvgIpc) is 2.52. The molecule has 0 aliphatic rings. The third-order valence-corrected chi connectivity index (χ3v) is 3.81. The largest absolute Gasteiger partial charge is 0.338 e. The van der Waals surface area contributed by atoms with Crippen LogP contribution in [0.1, 0.15) is 38.8 Å². The number of hydrogen-bond acceptors (Lipinski definition) is 3. The molecule has 1 atom stereocenters. The zero-order valence-corrected chi connectivity index (χ0v) is 14.8. The van der Waals surface area contributed by atoms with E-state index in [-0.39, 0.29) is 11.9 Å². The van der Waals surface area contributed by atoms with Crippen LogP contribution < -0.4 is 10.6 Å². The molecule has 0 aliphatic heterocycles. The molecule has 0 fully saturated rings. The van der Waals surface area contributed by atoms with Gasteiger partial charge in [0.1, 0.15) is 0 Å². The molecule has 0 aliphatic carbocycles. The Bertz CT molecular complexity index is 512. The van der Waals surface area contributed by atoms with Gasteiger partial charge in [0.2, 0.25) is 5.91 Å². The second-order valence-corrected chi connectivity index (χ2v) is 6.35. The van der Waals surface area contributed by atoms with Gasteiger partial charge in [0, 0.05) is 13.1 Å². The van der Waals surface area contributed by atoms with Crippen molar-refractivity contribution in [1.82, 2.24) is 15.5 Å². The summed E-state index contributed by atoms with van der Waals surface area (Å²) in [5, 5.41) is 5.07. The van der Waals surface area contributed by atoms with Crippen LogP contribution in [-0.4, -0.2) is 36.5 Å². The standard InChI is InChI=1S/C18H29N3O2/c1-6-15-7-9-16(10-8-15)12-21(5)14(4)17(22)20-18(23)19-11-13(2)3/h7-10,13-14H,6,11-12H2,1-5H3,(H2,19,20,22,23). The lowest BCUT2D eigenvalue weighted by Crippen LogP contribution is -2.48. The lowest BCUT2D eigenvalue weighted by molar-refractivity contribution is -0.124. The van der Waals surface area contributed by atoms with E-state index >= 15 is 0 Å². The first-order valence-corrected chi connectivity index (χ1v) is 8.20. The smallest absolute Gasteiger partial charge is 0.321 e. The highest BCUT2D eigenvalue weighted by molar-refractivity contribution is 5.96. The lowest BCUT2D eigenvalue weighted by atomic mass is 10.1. The maximum atomic E-state index is 12.1. The molecule has 23 heavy (non-hydrogen) atoms. The number of amides is 3. The fourth-order valence-electron chi connectivity index (χ4n) is 2.06. The Labute approximate surface area is 139 Å². The van der Waals surface area contributed by atoms with E-state index in [9.17, 15) is 9.59 Å². The minimum Gasteiger partial charge on any atom is -0.338 e. The number of nitrogens with zero attached hydrogens (tertiary/aromatic N) is 1. The normalized spacial score (nSPS) is 12.3. The van der Waals surface area contributed by atoms with Gasteiger partial charge in [0.15, 0.2) is 0 Å². The molecule has 5 nitrogen and oxygen atoms in total. The molecule has 3 amide bonds. The van der Waals surface area contributed by atoms with E-state index in [1.54, 1.807) is 6.92 Å². The topological polar surface area (TPSA) is 61.4 Å². The van der Waals surface area contributed by atoms with Gasteiger partial charge in [0.25, 0.3) is 0 Å². The predicted octanol–water partition coefficient (Wildman–Crippen LogP) is 2.55. The molecule has 1 aromatic carbocycles. The molecular formula is C18H29N3O2. The van der Waals surface area contributed by atoms with Crippen LogP contribution in [0.3, 0.4) is 0 Å². The summed E-state index contributed by atoms with van der Waals surface area (Å²) >= 11 is 0. The van der Waals surface area contributed by atoms with Gasteiger partial charge in [-0.2, -0.15) is 0 Å². The number of rotatable bonds is 7. The Kier molecular flexibility index (Phi) is 7.75. The Morgan fingerprint density at radius 1 is 1.09 bits per heavy atom. The number of carbonyl (C=O) groups is 2. The van der Waals surface area contributed by atoms with Gasteiger partial charge in [-0.3, -0.25) is 15.0 Å². The van der Waals surface area contributed by atoms with E-state index in [4.69, 9.17) is 0 Å². The number of likely N-dealkylation sites (N-methyl/N-ethyl adjacent to an activating group) is 1. The van der Waals surface area contributed by atoms with Gasteiger partial charge in [-0.05, 0) is 37.4 Å². The van der Waals surface area contributed by atoms with E-state index in [1.807, 2.05) is 25.8 Å². The highest BCUT2D eigenvalue weighted by Crippen LogP contribution is 2.09. The fraction of sp³-hybridized carbons (Fsp3) is 0.556. The molecular weight excluding hydrogens is 290 g/mol. The number of aryl methyl sites for hydroxylation is 1. The Balaban J connectivity index is 2.49. The van der Waals surface area contributed by atoms with Crippen molar-refractivity contribution in [3.63, 3.8) is 0 Å². The monoisotopic (exact) mass is 319 g/mol. The van der Waals surface area contributed by atoms with Gasteiger partial charge in [-0.1, -0.05) is 45.0 Å². The van der Waals surface area contributed by atoms with Crippen molar-refractivity contribution in [2.24, 2.45) is 5.92 Å². The van der Waals surface area contributed by atoms with Crippen molar-refractivity contribution in [3.8, 4) is 0 Å². The molecule has 1 aromatic rings. The molecule has 0 bridgehead atoms. The maximum Gasteiger partial charge on any atom is 0.321 e. The van der Waals surface area contributed by atoms with Gasteiger partial charge >= 0.3 is 6.03 Å². The summed E-state index contributed by atoms with van der Waals surface area (Å²) in [5.74, 6) is 0.0565. The molecule has 1 unspecified atom stereocenters. The third kappa shape index (κ3) is 6.82. The minimum absolute atomic E-state index is 0.293. The van der Waals surface area contributed by atoms with Crippen LogP contribution in [0.5, 0.6) is 0 Å². The number of hydrogen-bond donors (Lipinski definition) is 2. The predicted molar refractivity (Wildman–Crippen MR) is 93.1 cm³/mol. The number of carbonyl (C=O) groups excluding carboxylic acids is 2. The molecule has 5 heteroatoms. The summed E-state index contributed by atoms with van der Waals surface area (Å²) < 4.78 is 0. The van der Waals surface area contributed by atoms with E-state index < -0.39 is 6.03 Å². The molecule has 0 radical (unpaired) electrons. The van der Waals surface area contributed by atoms with Crippen molar-refractivity contribution < 1.29 is 9.59 Å². The van der Waals surface area contributed by atoms with Crippen molar-refractivity contribution in [2.45, 2.75) is 46.7 Å². The van der Waals surface area contributed by atoms with Crippen LogP contribution >= 0.6 is 0 Å². The van der Waals surface area contributed by atoms with Crippen LogP contribution in [0.4, 0.5) is 4.79 Å². The van der Waals surface area contributed by atoms with Crippen LogP contribution in [0, 0.1) is 5.92 Å². The Morgan fingerprint density at radius 2 is 1.65 bits per heavy atom. The first-order chi connectivity index (χ1) is 10.8. The fourth-order valence-corrected chi connectivity index (χ4v) is 2.06. The molecule has 0 saturated carbocycles. The van der Waals surface area contributed by atoms with Crippen LogP contribution in [0.25, 0.3) is 0 Å². The van der Waals surface area contributed by atoms with Crippen LogP contribution in [0.15, 0.2) is 24.3 Å². The van der Waals surface area contributed by atoms with Gasteiger partial charge in [-0.15, -0.1) is 0 Å². The lowest BCUT2D eigenvalue weighted by Gasteiger charge is -2.23. The van der Waals surface area contributed by atoms with Crippen LogP contribution in [-0.2, 0) is 17.8 Å². The highest BCUT2D eigenvalue weighted by atomic mass is 16.2. The summed E-state index contributed by atoms with van der Waals surface area (Å²) in [4.78, 5) is 25.7. The average molecular weight is 319 g/mol. The zero-order chi connectivity index (χ0) is 17.4. The molecule has 128 valence electrons.